The summed E-state index contributed by atoms with van der Waals surface area (Å²) in [6.07, 6.45) is 1.27. The third-order valence-electron chi connectivity index (χ3n) is 4.92. The number of piperidine rings is 1. The van der Waals surface area contributed by atoms with E-state index in [2.05, 4.69) is 5.32 Å². The van der Waals surface area contributed by atoms with E-state index in [9.17, 15) is 13.2 Å². The molecular weight excluding hydrogens is 400 g/mol. The monoisotopic (exact) mass is 422 g/mol. The first-order valence-corrected chi connectivity index (χ1v) is 10.8. The Labute approximate surface area is 170 Å². The minimum atomic E-state index is -3.74. The van der Waals surface area contributed by atoms with Crippen LogP contribution >= 0.6 is 11.6 Å². The van der Waals surface area contributed by atoms with Crippen LogP contribution in [0.25, 0.3) is 0 Å². The van der Waals surface area contributed by atoms with Gasteiger partial charge < -0.3 is 10.1 Å². The van der Waals surface area contributed by atoms with E-state index in [1.165, 1.54) is 29.6 Å². The molecule has 1 amide bonds. The lowest BCUT2D eigenvalue weighted by atomic mass is 9.98. The van der Waals surface area contributed by atoms with Crippen LogP contribution < -0.4 is 10.1 Å². The summed E-state index contributed by atoms with van der Waals surface area (Å²) in [6, 6.07) is 11.9. The van der Waals surface area contributed by atoms with Crippen molar-refractivity contribution in [1.82, 2.24) is 4.31 Å². The van der Waals surface area contributed by atoms with Gasteiger partial charge in [-0.1, -0.05) is 29.8 Å². The van der Waals surface area contributed by atoms with Crippen molar-refractivity contribution in [3.05, 3.63) is 53.1 Å². The van der Waals surface area contributed by atoms with Gasteiger partial charge in [0.15, 0.2) is 0 Å². The van der Waals surface area contributed by atoms with E-state index in [4.69, 9.17) is 16.3 Å². The molecule has 1 unspecified atom stereocenters. The zero-order valence-electron chi connectivity index (χ0n) is 15.8. The number of amides is 1. The van der Waals surface area contributed by atoms with E-state index in [-0.39, 0.29) is 22.4 Å². The first-order chi connectivity index (χ1) is 13.3. The van der Waals surface area contributed by atoms with Gasteiger partial charge in [-0.05, 0) is 49.6 Å². The number of benzene rings is 2. The summed E-state index contributed by atoms with van der Waals surface area (Å²) in [5.74, 6) is -0.159. The number of anilines is 1. The highest BCUT2D eigenvalue weighted by molar-refractivity contribution is 7.89. The van der Waals surface area contributed by atoms with E-state index in [1.54, 1.807) is 0 Å². The van der Waals surface area contributed by atoms with Gasteiger partial charge in [-0.25, -0.2) is 8.42 Å². The van der Waals surface area contributed by atoms with Gasteiger partial charge in [-0.3, -0.25) is 4.79 Å². The summed E-state index contributed by atoms with van der Waals surface area (Å²) in [4.78, 5) is 12.8. The molecule has 1 N–H and O–H groups in total. The number of sulfonamides is 1. The molecule has 28 heavy (non-hydrogen) atoms. The smallest absolute Gasteiger partial charge is 0.243 e. The Hall–Kier alpha value is -2.09. The predicted molar refractivity (Wildman–Crippen MR) is 109 cm³/mol. The lowest BCUT2D eigenvalue weighted by Crippen LogP contribution is -2.43. The number of methoxy groups -OCH3 is 1. The van der Waals surface area contributed by atoms with E-state index in [0.717, 1.165) is 11.3 Å². The molecule has 150 valence electrons. The summed E-state index contributed by atoms with van der Waals surface area (Å²) in [5.41, 5.74) is 1.71. The van der Waals surface area contributed by atoms with Crippen LogP contribution in [0.2, 0.25) is 5.02 Å². The van der Waals surface area contributed by atoms with Gasteiger partial charge in [-0.15, -0.1) is 0 Å². The maximum absolute atomic E-state index is 13.0. The molecular formula is C20H23ClN2O4S. The van der Waals surface area contributed by atoms with Crippen molar-refractivity contribution in [1.29, 1.82) is 0 Å². The van der Waals surface area contributed by atoms with Crippen LogP contribution in [0.4, 0.5) is 5.69 Å². The molecule has 2 aromatic rings. The number of nitrogens with zero attached hydrogens (tertiary/aromatic N) is 1. The number of rotatable bonds is 5. The van der Waals surface area contributed by atoms with E-state index >= 15 is 0 Å². The largest absolute Gasteiger partial charge is 0.495 e. The average Bonchev–Trinajstić information content (AvgIpc) is 2.69. The lowest BCUT2D eigenvalue weighted by Gasteiger charge is -2.31. The van der Waals surface area contributed by atoms with E-state index in [1.807, 2.05) is 31.2 Å². The molecule has 1 aliphatic heterocycles. The van der Waals surface area contributed by atoms with Gasteiger partial charge >= 0.3 is 0 Å². The molecule has 8 heteroatoms. The van der Waals surface area contributed by atoms with Gasteiger partial charge in [-0.2, -0.15) is 4.31 Å². The van der Waals surface area contributed by atoms with Crippen LogP contribution in [-0.4, -0.2) is 38.8 Å². The van der Waals surface area contributed by atoms with Crippen LogP contribution in [0.15, 0.2) is 47.4 Å². The molecule has 2 aromatic carbocycles. The molecule has 3 rings (SSSR count). The van der Waals surface area contributed by atoms with E-state index < -0.39 is 15.9 Å². The van der Waals surface area contributed by atoms with E-state index in [0.29, 0.717) is 25.1 Å². The van der Waals surface area contributed by atoms with Crippen molar-refractivity contribution in [3.63, 3.8) is 0 Å². The van der Waals surface area contributed by atoms with Crippen LogP contribution in [0.1, 0.15) is 18.4 Å². The Morgan fingerprint density at radius 2 is 2.00 bits per heavy atom. The Bertz CT molecular complexity index is 978. The number of halogens is 1. The third-order valence-corrected chi connectivity index (χ3v) is 7.08. The maximum Gasteiger partial charge on any atom is 0.243 e. The van der Waals surface area contributed by atoms with Gasteiger partial charge in [0.05, 0.1) is 22.9 Å². The maximum atomic E-state index is 13.0. The highest BCUT2D eigenvalue weighted by Crippen LogP contribution is 2.30. The predicted octanol–water partition coefficient (Wildman–Crippen LogP) is 3.70. The molecule has 1 fully saturated rings. The Morgan fingerprint density at radius 1 is 1.25 bits per heavy atom. The second kappa shape index (κ2) is 8.51. The molecule has 1 aliphatic rings. The topological polar surface area (TPSA) is 75.7 Å². The highest BCUT2D eigenvalue weighted by Gasteiger charge is 2.33. The molecule has 1 heterocycles. The van der Waals surface area contributed by atoms with Crippen molar-refractivity contribution >= 4 is 33.2 Å². The normalized spacial score (nSPS) is 17.9. The summed E-state index contributed by atoms with van der Waals surface area (Å²) in [6.45, 7) is 2.44. The molecule has 6 nitrogen and oxygen atoms in total. The number of ether oxygens (including phenoxy) is 1. The standard InChI is InChI=1S/C20H23ClN2O4S/c1-14-6-3-4-8-18(14)22-20(24)15-7-5-11-23(13-15)28(25,26)16-9-10-19(27-2)17(21)12-16/h3-4,6,8-10,12,15H,5,7,11,13H2,1-2H3,(H,22,24). The Balaban J connectivity index is 1.76. The summed E-state index contributed by atoms with van der Waals surface area (Å²) >= 11 is 6.09. The number of aryl methyl sites for hydroxylation is 1. The van der Waals surface area contributed by atoms with Crippen LogP contribution in [0, 0.1) is 12.8 Å². The molecule has 0 bridgehead atoms. The number of hydrogen-bond donors (Lipinski definition) is 1. The summed E-state index contributed by atoms with van der Waals surface area (Å²) in [7, 11) is -2.27. The molecule has 0 radical (unpaired) electrons. The molecule has 0 aromatic heterocycles. The number of carbonyl (C=O) groups excluding carboxylic acids is 1. The van der Waals surface area contributed by atoms with Crippen LogP contribution in [0.5, 0.6) is 5.75 Å². The second-order valence-corrected chi connectivity index (χ2v) is 9.15. The zero-order valence-corrected chi connectivity index (χ0v) is 17.4. The second-order valence-electron chi connectivity index (χ2n) is 6.80. The van der Waals surface area contributed by atoms with Gasteiger partial charge in [0.2, 0.25) is 15.9 Å². The summed E-state index contributed by atoms with van der Waals surface area (Å²) < 4.78 is 32.5. The Morgan fingerprint density at radius 3 is 2.68 bits per heavy atom. The minimum Gasteiger partial charge on any atom is -0.495 e. The lowest BCUT2D eigenvalue weighted by molar-refractivity contribution is -0.120. The summed E-state index contributed by atoms with van der Waals surface area (Å²) in [5, 5.41) is 3.15. The van der Waals surface area contributed by atoms with Crippen molar-refractivity contribution < 1.29 is 17.9 Å². The van der Waals surface area contributed by atoms with Crippen LogP contribution in [-0.2, 0) is 14.8 Å². The van der Waals surface area contributed by atoms with Crippen molar-refractivity contribution in [3.8, 4) is 5.75 Å². The third kappa shape index (κ3) is 4.32. The quantitative estimate of drug-likeness (QED) is 0.797. The molecule has 0 aliphatic carbocycles. The number of nitrogens with one attached hydrogen (secondary N) is 1. The molecule has 1 atom stereocenters. The molecule has 1 saturated heterocycles. The fourth-order valence-electron chi connectivity index (χ4n) is 3.28. The number of carbonyl (C=O) groups is 1. The first kappa shape index (κ1) is 20.6. The van der Waals surface area contributed by atoms with Crippen molar-refractivity contribution in [2.75, 3.05) is 25.5 Å². The Kier molecular flexibility index (Phi) is 6.27. The molecule has 0 saturated carbocycles. The van der Waals surface area contributed by atoms with Crippen LogP contribution in [0.3, 0.4) is 0 Å². The highest BCUT2D eigenvalue weighted by atomic mass is 35.5. The fourth-order valence-corrected chi connectivity index (χ4v) is 5.15. The average molecular weight is 423 g/mol. The van der Waals surface area contributed by atoms with Crippen molar-refractivity contribution in [2.24, 2.45) is 5.92 Å². The van der Waals surface area contributed by atoms with Crippen molar-refractivity contribution in [2.45, 2.75) is 24.7 Å². The van der Waals surface area contributed by atoms with Gasteiger partial charge in [0.25, 0.3) is 0 Å². The number of hydrogen-bond acceptors (Lipinski definition) is 4. The minimum absolute atomic E-state index is 0.0956. The van der Waals surface area contributed by atoms with Gasteiger partial charge in [0, 0.05) is 18.8 Å². The molecule has 0 spiro atoms. The zero-order chi connectivity index (χ0) is 20.3. The SMILES string of the molecule is COc1ccc(S(=O)(=O)N2CCCC(C(=O)Nc3ccccc3C)C2)cc1Cl. The fraction of sp³-hybridized carbons (Fsp3) is 0.350. The first-order valence-electron chi connectivity index (χ1n) is 9.03. The van der Waals surface area contributed by atoms with Gasteiger partial charge in [0.1, 0.15) is 5.75 Å². The number of para-hydroxylation sites is 1.